The van der Waals surface area contributed by atoms with Crippen LogP contribution in [0.25, 0.3) is 0 Å². The summed E-state index contributed by atoms with van der Waals surface area (Å²) in [5.74, 6) is 0.631. The Morgan fingerprint density at radius 1 is 1.25 bits per heavy atom. The van der Waals surface area contributed by atoms with Crippen LogP contribution < -0.4 is 10.2 Å². The molecule has 2 fully saturated rings. The predicted octanol–water partition coefficient (Wildman–Crippen LogP) is 0.331. The van der Waals surface area contributed by atoms with Crippen LogP contribution in [0.3, 0.4) is 0 Å². The second-order valence-electron chi connectivity index (χ2n) is 4.16. The van der Waals surface area contributed by atoms with Crippen LogP contribution in [0.5, 0.6) is 0 Å². The highest BCUT2D eigenvalue weighted by molar-refractivity contribution is 5.25. The van der Waals surface area contributed by atoms with Gasteiger partial charge in [0.1, 0.15) is 6.10 Å². The van der Waals surface area contributed by atoms with Crippen LogP contribution >= 0.6 is 0 Å². The standard InChI is InChI=1S/C10H16N4O2/c1-2-8(15-7-1)9-12-13-10(16-9)14-5-3-11-4-6-14/h8,11H,1-7H2. The number of nitrogens with one attached hydrogen (secondary N) is 1. The predicted molar refractivity (Wildman–Crippen MR) is 57.3 cm³/mol. The van der Waals surface area contributed by atoms with E-state index in [0.717, 1.165) is 45.6 Å². The lowest BCUT2D eigenvalue weighted by Gasteiger charge is -2.25. The molecular weight excluding hydrogens is 208 g/mol. The van der Waals surface area contributed by atoms with Gasteiger partial charge in [-0.05, 0) is 12.8 Å². The van der Waals surface area contributed by atoms with Gasteiger partial charge in [0, 0.05) is 32.8 Å². The van der Waals surface area contributed by atoms with Crippen molar-refractivity contribution in [2.75, 3.05) is 37.7 Å². The maximum absolute atomic E-state index is 5.66. The van der Waals surface area contributed by atoms with Gasteiger partial charge < -0.3 is 19.4 Å². The Labute approximate surface area is 94.0 Å². The van der Waals surface area contributed by atoms with E-state index >= 15 is 0 Å². The Balaban J connectivity index is 1.71. The average Bonchev–Trinajstić information content (AvgIpc) is 3.01. The molecule has 2 aliphatic rings. The van der Waals surface area contributed by atoms with E-state index in [9.17, 15) is 0 Å². The summed E-state index contributed by atoms with van der Waals surface area (Å²) in [6.07, 6.45) is 2.09. The third-order valence-corrected chi connectivity index (χ3v) is 3.02. The summed E-state index contributed by atoms with van der Waals surface area (Å²) in [6, 6.07) is 0.631. The highest BCUT2D eigenvalue weighted by Gasteiger charge is 2.25. The minimum atomic E-state index is 0.0177. The highest BCUT2D eigenvalue weighted by Crippen LogP contribution is 2.28. The lowest BCUT2D eigenvalue weighted by Crippen LogP contribution is -2.43. The van der Waals surface area contributed by atoms with E-state index in [1.165, 1.54) is 0 Å². The molecule has 0 radical (unpaired) electrons. The van der Waals surface area contributed by atoms with Crippen LogP contribution in [0, 0.1) is 0 Å². The lowest BCUT2D eigenvalue weighted by atomic mass is 10.2. The van der Waals surface area contributed by atoms with E-state index in [0.29, 0.717) is 11.9 Å². The molecule has 1 aromatic rings. The number of aromatic nitrogens is 2. The van der Waals surface area contributed by atoms with Crippen molar-refractivity contribution in [3.8, 4) is 0 Å². The van der Waals surface area contributed by atoms with Crippen molar-refractivity contribution in [3.05, 3.63) is 5.89 Å². The number of hydrogen-bond donors (Lipinski definition) is 1. The lowest BCUT2D eigenvalue weighted by molar-refractivity contribution is 0.0894. The molecule has 16 heavy (non-hydrogen) atoms. The molecule has 2 saturated heterocycles. The van der Waals surface area contributed by atoms with Crippen molar-refractivity contribution in [1.82, 2.24) is 15.5 Å². The highest BCUT2D eigenvalue weighted by atomic mass is 16.5. The summed E-state index contributed by atoms with van der Waals surface area (Å²) in [5, 5.41) is 11.4. The fraction of sp³-hybridized carbons (Fsp3) is 0.800. The molecule has 6 nitrogen and oxygen atoms in total. The van der Waals surface area contributed by atoms with Crippen molar-refractivity contribution >= 4 is 6.01 Å². The van der Waals surface area contributed by atoms with Gasteiger partial charge >= 0.3 is 6.01 Å². The first kappa shape index (κ1) is 10.0. The van der Waals surface area contributed by atoms with Gasteiger partial charge in [-0.1, -0.05) is 5.10 Å². The summed E-state index contributed by atoms with van der Waals surface area (Å²) in [4.78, 5) is 2.11. The molecule has 0 aromatic carbocycles. The zero-order valence-electron chi connectivity index (χ0n) is 9.19. The van der Waals surface area contributed by atoms with E-state index in [-0.39, 0.29) is 6.10 Å². The molecule has 1 atom stereocenters. The molecule has 6 heteroatoms. The molecule has 0 spiro atoms. The second-order valence-corrected chi connectivity index (χ2v) is 4.16. The molecule has 0 bridgehead atoms. The zero-order chi connectivity index (χ0) is 10.8. The Kier molecular flexibility index (Phi) is 2.75. The summed E-state index contributed by atoms with van der Waals surface area (Å²) in [5.41, 5.74) is 0. The van der Waals surface area contributed by atoms with E-state index in [1.807, 2.05) is 0 Å². The number of anilines is 1. The van der Waals surface area contributed by atoms with E-state index in [2.05, 4.69) is 20.4 Å². The van der Waals surface area contributed by atoms with Crippen LogP contribution in [0.1, 0.15) is 24.8 Å². The van der Waals surface area contributed by atoms with E-state index in [1.54, 1.807) is 0 Å². The SMILES string of the molecule is C1COC(c2nnc(N3CCNCC3)o2)C1. The van der Waals surface area contributed by atoms with E-state index in [4.69, 9.17) is 9.15 Å². The van der Waals surface area contributed by atoms with Crippen molar-refractivity contribution in [1.29, 1.82) is 0 Å². The number of ether oxygens (including phenoxy) is 1. The first-order chi connectivity index (χ1) is 7.93. The quantitative estimate of drug-likeness (QED) is 0.781. The number of piperazine rings is 1. The van der Waals surface area contributed by atoms with Gasteiger partial charge in [0.15, 0.2) is 0 Å². The largest absolute Gasteiger partial charge is 0.405 e. The molecule has 0 aliphatic carbocycles. The topological polar surface area (TPSA) is 63.4 Å². The van der Waals surface area contributed by atoms with Crippen molar-refractivity contribution in [2.45, 2.75) is 18.9 Å². The van der Waals surface area contributed by atoms with Gasteiger partial charge in [0.2, 0.25) is 5.89 Å². The fourth-order valence-electron chi connectivity index (χ4n) is 2.11. The van der Waals surface area contributed by atoms with E-state index < -0.39 is 0 Å². The molecule has 0 saturated carbocycles. The Hall–Kier alpha value is -1.14. The third-order valence-electron chi connectivity index (χ3n) is 3.02. The van der Waals surface area contributed by atoms with Crippen molar-refractivity contribution in [3.63, 3.8) is 0 Å². The first-order valence-corrected chi connectivity index (χ1v) is 5.84. The van der Waals surface area contributed by atoms with Gasteiger partial charge in [-0.2, -0.15) is 0 Å². The van der Waals surface area contributed by atoms with Crippen LogP contribution in [0.15, 0.2) is 4.42 Å². The molecule has 2 aliphatic heterocycles. The van der Waals surface area contributed by atoms with Gasteiger partial charge in [0.05, 0.1) is 0 Å². The number of hydrogen-bond acceptors (Lipinski definition) is 6. The normalized spacial score (nSPS) is 26.2. The molecular formula is C10H16N4O2. The summed E-state index contributed by atoms with van der Waals surface area (Å²) >= 11 is 0. The van der Waals surface area contributed by atoms with Gasteiger partial charge in [-0.3, -0.25) is 0 Å². The first-order valence-electron chi connectivity index (χ1n) is 5.84. The maximum Gasteiger partial charge on any atom is 0.318 e. The molecule has 0 amide bonds. The molecule has 3 heterocycles. The molecule has 1 unspecified atom stereocenters. The fourth-order valence-corrected chi connectivity index (χ4v) is 2.11. The molecule has 88 valence electrons. The van der Waals surface area contributed by atoms with Gasteiger partial charge in [-0.25, -0.2) is 0 Å². The zero-order valence-corrected chi connectivity index (χ0v) is 9.19. The minimum Gasteiger partial charge on any atom is -0.405 e. The van der Waals surface area contributed by atoms with Crippen LogP contribution in [-0.2, 0) is 4.74 Å². The summed E-state index contributed by atoms with van der Waals surface area (Å²) in [6.45, 7) is 4.59. The average molecular weight is 224 g/mol. The van der Waals surface area contributed by atoms with Crippen LogP contribution in [-0.4, -0.2) is 43.0 Å². The summed E-state index contributed by atoms with van der Waals surface area (Å²) < 4.78 is 11.2. The van der Waals surface area contributed by atoms with Crippen molar-refractivity contribution < 1.29 is 9.15 Å². The molecule has 1 N–H and O–H groups in total. The van der Waals surface area contributed by atoms with Gasteiger partial charge in [-0.15, -0.1) is 5.10 Å². The minimum absolute atomic E-state index is 0.0177. The molecule has 3 rings (SSSR count). The van der Waals surface area contributed by atoms with Crippen molar-refractivity contribution in [2.24, 2.45) is 0 Å². The summed E-state index contributed by atoms with van der Waals surface area (Å²) in [7, 11) is 0. The Morgan fingerprint density at radius 3 is 2.88 bits per heavy atom. The molecule has 1 aromatic heterocycles. The number of nitrogens with zero attached hydrogens (tertiary/aromatic N) is 3. The third kappa shape index (κ3) is 1.90. The van der Waals surface area contributed by atoms with Gasteiger partial charge in [0.25, 0.3) is 0 Å². The second kappa shape index (κ2) is 4.39. The Bertz CT molecular complexity index is 342. The number of rotatable bonds is 2. The maximum atomic E-state index is 5.66. The monoisotopic (exact) mass is 224 g/mol. The van der Waals surface area contributed by atoms with Crippen LogP contribution in [0.2, 0.25) is 0 Å². The van der Waals surface area contributed by atoms with Crippen LogP contribution in [0.4, 0.5) is 6.01 Å². The Morgan fingerprint density at radius 2 is 2.12 bits per heavy atom. The smallest absolute Gasteiger partial charge is 0.318 e.